The third kappa shape index (κ3) is 6.80. The smallest absolute Gasteiger partial charge is 0.451 e. The maximum absolute atomic E-state index is 12.8. The summed E-state index contributed by atoms with van der Waals surface area (Å²) in [6.45, 7) is 0. The molecule has 182 valence electrons. The van der Waals surface area contributed by atoms with Gasteiger partial charge in [0.1, 0.15) is 23.0 Å². The lowest BCUT2D eigenvalue weighted by Gasteiger charge is -2.22. The molecular formula is C23H16F2O8S2. The maximum Gasteiger partial charge on any atom is 0.488 e. The summed E-state index contributed by atoms with van der Waals surface area (Å²) in [6.07, 6.45) is -1.03. The van der Waals surface area contributed by atoms with E-state index in [9.17, 15) is 24.6 Å². The van der Waals surface area contributed by atoms with Crippen LogP contribution in [-0.2, 0) is 21.0 Å². The average Bonchev–Trinajstić information content (AvgIpc) is 2.79. The Kier molecular flexibility index (Phi) is 6.76. The largest absolute Gasteiger partial charge is 0.488 e. The highest BCUT2D eigenvalue weighted by molar-refractivity contribution is 7.82. The summed E-state index contributed by atoms with van der Waals surface area (Å²) in [7, 11) is -10.3. The van der Waals surface area contributed by atoms with Crippen molar-refractivity contribution in [1.29, 1.82) is 0 Å². The number of fused-ring (bicyclic) bond motifs is 1. The molecule has 0 fully saturated rings. The SMILES string of the molecule is O=S(=O)(F)Oc1ccc(OC(Oc2ccc(OS(=O)(=O)F)cc2)c2cccc3ccccc23)cc1. The second-order valence-electron chi connectivity index (χ2n) is 7.03. The number of ether oxygens (including phenoxy) is 2. The van der Waals surface area contributed by atoms with E-state index in [0.717, 1.165) is 10.8 Å². The molecule has 0 saturated carbocycles. The molecule has 0 saturated heterocycles. The van der Waals surface area contributed by atoms with Gasteiger partial charge >= 0.3 is 21.0 Å². The van der Waals surface area contributed by atoms with E-state index in [4.69, 9.17) is 9.47 Å². The van der Waals surface area contributed by atoms with E-state index in [1.54, 1.807) is 6.07 Å². The van der Waals surface area contributed by atoms with E-state index in [1.165, 1.54) is 48.5 Å². The lowest BCUT2D eigenvalue weighted by molar-refractivity contribution is 0.00496. The first kappa shape index (κ1) is 24.2. The molecular weight excluding hydrogens is 506 g/mol. The quantitative estimate of drug-likeness (QED) is 0.219. The summed E-state index contributed by atoms with van der Waals surface area (Å²) >= 11 is 0. The highest BCUT2D eigenvalue weighted by Gasteiger charge is 2.19. The van der Waals surface area contributed by atoms with Crippen LogP contribution in [-0.4, -0.2) is 16.8 Å². The van der Waals surface area contributed by atoms with Gasteiger partial charge in [-0.1, -0.05) is 50.2 Å². The predicted molar refractivity (Wildman–Crippen MR) is 122 cm³/mol. The Hall–Kier alpha value is -3.90. The molecule has 0 bridgehead atoms. The van der Waals surface area contributed by atoms with Gasteiger partial charge in [0.25, 0.3) is 6.29 Å². The molecule has 4 rings (SSSR count). The number of rotatable bonds is 9. The molecule has 0 aliphatic rings. The van der Waals surface area contributed by atoms with Crippen molar-refractivity contribution in [2.24, 2.45) is 0 Å². The van der Waals surface area contributed by atoms with Gasteiger partial charge in [-0.05, 0) is 59.3 Å². The minimum absolute atomic E-state index is 0.245. The molecule has 0 amide bonds. The molecule has 0 spiro atoms. The van der Waals surface area contributed by atoms with Crippen molar-refractivity contribution in [1.82, 2.24) is 0 Å². The summed E-state index contributed by atoms with van der Waals surface area (Å²) in [5.74, 6) is -0.00759. The highest BCUT2D eigenvalue weighted by atomic mass is 32.3. The van der Waals surface area contributed by atoms with E-state index in [-0.39, 0.29) is 23.0 Å². The minimum Gasteiger partial charge on any atom is -0.451 e. The molecule has 0 aliphatic heterocycles. The first-order valence-corrected chi connectivity index (χ1v) is 12.5. The number of halogens is 2. The standard InChI is InChI=1S/C23H16F2O8S2/c24-34(26,27)32-19-12-8-17(9-13-19)30-23(22-7-3-5-16-4-1-2-6-21(16)22)31-18-10-14-20(15-11-18)33-35(25,28)29/h1-15,23H. The van der Waals surface area contributed by atoms with Crippen LogP contribution in [0.4, 0.5) is 7.77 Å². The first-order chi connectivity index (χ1) is 16.6. The summed E-state index contributed by atoms with van der Waals surface area (Å²) in [5, 5.41) is 1.74. The fraction of sp³-hybridized carbons (Fsp3) is 0.0435. The van der Waals surface area contributed by atoms with Gasteiger partial charge in [0, 0.05) is 5.56 Å². The molecule has 8 nitrogen and oxygen atoms in total. The third-order valence-electron chi connectivity index (χ3n) is 4.60. The average molecular weight is 523 g/mol. The van der Waals surface area contributed by atoms with Gasteiger partial charge in [-0.15, -0.1) is 0 Å². The third-order valence-corrected chi connectivity index (χ3v) is 5.39. The molecule has 4 aromatic carbocycles. The molecule has 0 radical (unpaired) electrons. The zero-order valence-electron chi connectivity index (χ0n) is 17.6. The van der Waals surface area contributed by atoms with E-state index in [2.05, 4.69) is 8.37 Å². The van der Waals surface area contributed by atoms with Crippen molar-refractivity contribution in [2.45, 2.75) is 6.29 Å². The van der Waals surface area contributed by atoms with E-state index < -0.39 is 27.3 Å². The number of benzene rings is 4. The zero-order valence-corrected chi connectivity index (χ0v) is 19.2. The van der Waals surface area contributed by atoms with Gasteiger partial charge < -0.3 is 17.8 Å². The van der Waals surface area contributed by atoms with E-state index in [1.807, 2.05) is 36.4 Å². The van der Waals surface area contributed by atoms with Crippen molar-refractivity contribution >= 4 is 31.8 Å². The lowest BCUT2D eigenvalue weighted by Crippen LogP contribution is -2.15. The van der Waals surface area contributed by atoms with Crippen molar-refractivity contribution in [3.05, 3.63) is 96.6 Å². The molecule has 0 heterocycles. The molecule has 0 aliphatic carbocycles. The number of hydrogen-bond acceptors (Lipinski definition) is 8. The van der Waals surface area contributed by atoms with Crippen LogP contribution in [0.2, 0.25) is 0 Å². The van der Waals surface area contributed by atoms with Gasteiger partial charge in [0.2, 0.25) is 0 Å². The van der Waals surface area contributed by atoms with Gasteiger partial charge in [-0.3, -0.25) is 0 Å². The molecule has 4 aromatic rings. The van der Waals surface area contributed by atoms with Crippen molar-refractivity contribution in [3.63, 3.8) is 0 Å². The Morgan fingerprint density at radius 3 is 1.46 bits per heavy atom. The Morgan fingerprint density at radius 1 is 0.543 bits per heavy atom. The van der Waals surface area contributed by atoms with Crippen LogP contribution < -0.4 is 17.8 Å². The van der Waals surface area contributed by atoms with Gasteiger partial charge in [0.05, 0.1) is 0 Å². The highest BCUT2D eigenvalue weighted by Crippen LogP contribution is 2.32. The van der Waals surface area contributed by atoms with Gasteiger partial charge in [-0.2, -0.15) is 16.8 Å². The van der Waals surface area contributed by atoms with E-state index in [0.29, 0.717) is 5.56 Å². The second-order valence-corrected chi connectivity index (χ2v) is 8.94. The summed E-state index contributed by atoms with van der Waals surface area (Å²) in [5.41, 5.74) is 0.640. The second kappa shape index (κ2) is 9.76. The molecule has 35 heavy (non-hydrogen) atoms. The first-order valence-electron chi connectivity index (χ1n) is 9.85. The monoisotopic (exact) mass is 522 g/mol. The van der Waals surface area contributed by atoms with Gasteiger partial charge in [-0.25, -0.2) is 0 Å². The fourth-order valence-corrected chi connectivity index (χ4v) is 3.91. The molecule has 0 aromatic heterocycles. The Bertz CT molecular complexity index is 1450. The Labute approximate surface area is 200 Å². The maximum atomic E-state index is 12.8. The van der Waals surface area contributed by atoms with Gasteiger partial charge in [0.15, 0.2) is 0 Å². The van der Waals surface area contributed by atoms with Crippen molar-refractivity contribution < 1.29 is 42.4 Å². The van der Waals surface area contributed by atoms with Crippen molar-refractivity contribution in [3.8, 4) is 23.0 Å². The summed E-state index contributed by atoms with van der Waals surface area (Å²) in [6, 6.07) is 23.3. The predicted octanol–water partition coefficient (Wildman–Crippen LogP) is 5.18. The van der Waals surface area contributed by atoms with E-state index >= 15 is 0 Å². The van der Waals surface area contributed by atoms with Crippen LogP contribution in [0.15, 0.2) is 91.0 Å². The molecule has 0 unspecified atom stereocenters. The van der Waals surface area contributed by atoms with Crippen LogP contribution in [0.5, 0.6) is 23.0 Å². The van der Waals surface area contributed by atoms with Crippen molar-refractivity contribution in [2.75, 3.05) is 0 Å². The summed E-state index contributed by atoms with van der Waals surface area (Å²) in [4.78, 5) is 0. The Morgan fingerprint density at radius 2 is 0.971 bits per heavy atom. The summed E-state index contributed by atoms with van der Waals surface area (Å²) < 4.78 is 88.6. The van der Waals surface area contributed by atoms with Crippen LogP contribution in [0.1, 0.15) is 11.9 Å². The number of hydrogen-bond donors (Lipinski definition) is 0. The molecule has 12 heteroatoms. The van der Waals surface area contributed by atoms with Crippen LogP contribution in [0, 0.1) is 0 Å². The van der Waals surface area contributed by atoms with Crippen LogP contribution in [0.3, 0.4) is 0 Å². The zero-order chi connectivity index (χ0) is 25.1. The normalized spacial score (nSPS) is 11.9. The van der Waals surface area contributed by atoms with Crippen LogP contribution >= 0.6 is 0 Å². The topological polar surface area (TPSA) is 105 Å². The minimum atomic E-state index is -5.17. The lowest BCUT2D eigenvalue weighted by atomic mass is 10.0. The Balaban J connectivity index is 1.65. The molecule has 0 N–H and O–H groups in total. The van der Waals surface area contributed by atoms with Crippen LogP contribution in [0.25, 0.3) is 10.8 Å². The fourth-order valence-electron chi connectivity index (χ4n) is 3.23. The molecule has 0 atom stereocenters.